The Morgan fingerprint density at radius 2 is 1.60 bits per heavy atom. The Morgan fingerprint density at radius 1 is 0.880 bits per heavy atom. The minimum absolute atomic E-state index is 0.152. The highest BCUT2D eigenvalue weighted by Crippen LogP contribution is 2.24. The predicted octanol–water partition coefficient (Wildman–Crippen LogP) is 1.64. The highest BCUT2D eigenvalue weighted by Gasteiger charge is 2.31. The second-order valence-electron chi connectivity index (χ2n) is 6.91. The third kappa shape index (κ3) is 4.04. The van der Waals surface area contributed by atoms with Crippen molar-refractivity contribution in [2.75, 3.05) is 46.3 Å². The van der Waals surface area contributed by atoms with E-state index in [1.54, 1.807) is 29.2 Å². The van der Waals surface area contributed by atoms with Crippen LogP contribution in [0.15, 0.2) is 29.2 Å². The summed E-state index contributed by atoms with van der Waals surface area (Å²) in [4.78, 5) is 17.2. The van der Waals surface area contributed by atoms with E-state index in [-0.39, 0.29) is 10.8 Å². The second kappa shape index (κ2) is 7.85. The number of carbonyl (C=O) groups excluding carboxylic acids is 1. The van der Waals surface area contributed by atoms with Gasteiger partial charge in [0.15, 0.2) is 0 Å². The molecule has 0 atom stereocenters. The molecule has 0 saturated carbocycles. The molecular weight excluding hydrogens is 338 g/mol. The predicted molar refractivity (Wildman–Crippen MR) is 97.1 cm³/mol. The van der Waals surface area contributed by atoms with Crippen molar-refractivity contribution >= 4 is 15.9 Å². The molecule has 2 fully saturated rings. The van der Waals surface area contributed by atoms with Crippen molar-refractivity contribution in [1.82, 2.24) is 14.1 Å². The molecule has 0 aromatic heterocycles. The fourth-order valence-corrected chi connectivity index (χ4v) is 5.23. The monoisotopic (exact) mass is 365 g/mol. The zero-order valence-electron chi connectivity index (χ0n) is 14.9. The molecule has 138 valence electrons. The van der Waals surface area contributed by atoms with Crippen LogP contribution in [0.3, 0.4) is 0 Å². The molecule has 2 aliphatic heterocycles. The number of sulfonamides is 1. The molecule has 7 heteroatoms. The number of nitrogens with zero attached hydrogens (tertiary/aromatic N) is 3. The number of rotatable bonds is 3. The van der Waals surface area contributed by atoms with Crippen LogP contribution in [-0.2, 0) is 10.0 Å². The van der Waals surface area contributed by atoms with Crippen molar-refractivity contribution in [3.05, 3.63) is 29.8 Å². The summed E-state index contributed by atoms with van der Waals surface area (Å²) < 4.78 is 27.7. The highest BCUT2D eigenvalue weighted by atomic mass is 32.2. The van der Waals surface area contributed by atoms with E-state index in [2.05, 4.69) is 4.90 Å². The third-order valence-corrected chi connectivity index (χ3v) is 7.01. The SMILES string of the molecule is CN1CCCN(C(=O)c2ccccc2S(=O)(=O)N2CCCCC2)CC1. The van der Waals surface area contributed by atoms with Gasteiger partial charge in [-0.05, 0) is 45.0 Å². The molecule has 0 unspecified atom stereocenters. The molecule has 3 rings (SSSR count). The molecular formula is C18H27N3O3S. The van der Waals surface area contributed by atoms with Gasteiger partial charge in [0.2, 0.25) is 10.0 Å². The van der Waals surface area contributed by atoms with Gasteiger partial charge in [0.05, 0.1) is 10.5 Å². The van der Waals surface area contributed by atoms with Gasteiger partial charge < -0.3 is 9.80 Å². The quantitative estimate of drug-likeness (QED) is 0.817. The maximum atomic E-state index is 13.1. The first-order chi connectivity index (χ1) is 12.0. The fourth-order valence-electron chi connectivity index (χ4n) is 3.53. The number of amides is 1. The molecule has 2 saturated heterocycles. The van der Waals surface area contributed by atoms with Crippen LogP contribution in [0.1, 0.15) is 36.0 Å². The van der Waals surface area contributed by atoms with Crippen molar-refractivity contribution in [2.24, 2.45) is 0 Å². The first-order valence-corrected chi connectivity index (χ1v) is 10.5. The van der Waals surface area contributed by atoms with Gasteiger partial charge in [-0.25, -0.2) is 8.42 Å². The molecule has 2 heterocycles. The van der Waals surface area contributed by atoms with Crippen LogP contribution in [0.5, 0.6) is 0 Å². The smallest absolute Gasteiger partial charge is 0.255 e. The van der Waals surface area contributed by atoms with Gasteiger partial charge >= 0.3 is 0 Å². The summed E-state index contributed by atoms with van der Waals surface area (Å²) in [5.74, 6) is -0.175. The van der Waals surface area contributed by atoms with E-state index in [4.69, 9.17) is 0 Å². The summed E-state index contributed by atoms with van der Waals surface area (Å²) in [5, 5.41) is 0. The van der Waals surface area contributed by atoms with Crippen LogP contribution >= 0.6 is 0 Å². The molecule has 25 heavy (non-hydrogen) atoms. The van der Waals surface area contributed by atoms with Crippen molar-refractivity contribution < 1.29 is 13.2 Å². The molecule has 1 amide bonds. The minimum atomic E-state index is -3.62. The Balaban J connectivity index is 1.88. The van der Waals surface area contributed by atoms with Gasteiger partial charge in [0.1, 0.15) is 0 Å². The Kier molecular flexibility index (Phi) is 5.76. The topological polar surface area (TPSA) is 60.9 Å². The Bertz CT molecular complexity index is 714. The van der Waals surface area contributed by atoms with Gasteiger partial charge in [-0.15, -0.1) is 0 Å². The van der Waals surface area contributed by atoms with E-state index >= 15 is 0 Å². The van der Waals surface area contributed by atoms with Gasteiger partial charge in [0.25, 0.3) is 5.91 Å². The molecule has 1 aromatic carbocycles. The molecule has 0 aliphatic carbocycles. The summed E-state index contributed by atoms with van der Waals surface area (Å²) in [6, 6.07) is 6.66. The number of hydrogen-bond donors (Lipinski definition) is 0. The first-order valence-electron chi connectivity index (χ1n) is 9.07. The minimum Gasteiger partial charge on any atom is -0.337 e. The summed E-state index contributed by atoms with van der Waals surface area (Å²) in [5.41, 5.74) is 0.303. The zero-order valence-corrected chi connectivity index (χ0v) is 15.7. The van der Waals surface area contributed by atoms with E-state index < -0.39 is 10.0 Å². The maximum Gasteiger partial charge on any atom is 0.255 e. The zero-order chi connectivity index (χ0) is 17.9. The lowest BCUT2D eigenvalue weighted by atomic mass is 10.2. The number of benzene rings is 1. The Labute approximate surface area is 150 Å². The number of likely N-dealkylation sites (N-methyl/N-ethyl adjacent to an activating group) is 1. The summed E-state index contributed by atoms with van der Waals surface area (Å²) in [6.45, 7) is 4.15. The van der Waals surface area contributed by atoms with Crippen molar-refractivity contribution in [3.8, 4) is 0 Å². The lowest BCUT2D eigenvalue weighted by molar-refractivity contribution is 0.0758. The lowest BCUT2D eigenvalue weighted by Crippen LogP contribution is -2.38. The molecule has 6 nitrogen and oxygen atoms in total. The van der Waals surface area contributed by atoms with Gasteiger partial charge in [-0.2, -0.15) is 4.31 Å². The molecule has 0 spiro atoms. The summed E-state index contributed by atoms with van der Waals surface area (Å²) in [6.07, 6.45) is 3.73. The summed E-state index contributed by atoms with van der Waals surface area (Å²) in [7, 11) is -1.58. The third-order valence-electron chi connectivity index (χ3n) is 5.06. The first kappa shape index (κ1) is 18.4. The number of piperidine rings is 1. The number of hydrogen-bond acceptors (Lipinski definition) is 4. The molecule has 1 aromatic rings. The van der Waals surface area contributed by atoms with Gasteiger partial charge in [-0.3, -0.25) is 4.79 Å². The van der Waals surface area contributed by atoms with Crippen LogP contribution < -0.4 is 0 Å². The average Bonchev–Trinajstić information content (AvgIpc) is 2.86. The van der Waals surface area contributed by atoms with Crippen LogP contribution in [0.25, 0.3) is 0 Å². The molecule has 2 aliphatic rings. The highest BCUT2D eigenvalue weighted by molar-refractivity contribution is 7.89. The molecule has 0 radical (unpaired) electrons. The van der Waals surface area contributed by atoms with E-state index in [0.717, 1.165) is 38.8 Å². The van der Waals surface area contributed by atoms with E-state index in [0.29, 0.717) is 31.7 Å². The maximum absolute atomic E-state index is 13.1. The van der Waals surface area contributed by atoms with E-state index in [1.807, 2.05) is 7.05 Å². The van der Waals surface area contributed by atoms with Crippen LogP contribution in [-0.4, -0.2) is 74.7 Å². The Hall–Kier alpha value is -1.44. The molecule has 0 N–H and O–H groups in total. The van der Waals surface area contributed by atoms with Gasteiger partial charge in [0, 0.05) is 32.7 Å². The second-order valence-corrected chi connectivity index (χ2v) is 8.82. The van der Waals surface area contributed by atoms with Crippen molar-refractivity contribution in [1.29, 1.82) is 0 Å². The van der Waals surface area contributed by atoms with Crippen LogP contribution in [0.2, 0.25) is 0 Å². The standard InChI is InChI=1S/C18H27N3O3S/c1-19-10-7-11-20(15-14-19)18(22)16-8-3-4-9-17(16)25(23,24)21-12-5-2-6-13-21/h3-4,8-9H,2,5-7,10-15H2,1H3. The number of carbonyl (C=O) groups is 1. The van der Waals surface area contributed by atoms with Crippen molar-refractivity contribution in [3.63, 3.8) is 0 Å². The average molecular weight is 365 g/mol. The summed E-state index contributed by atoms with van der Waals surface area (Å²) >= 11 is 0. The normalized spacial score (nSPS) is 21.1. The molecule has 0 bridgehead atoms. The van der Waals surface area contributed by atoms with E-state index in [1.165, 1.54) is 4.31 Å². The Morgan fingerprint density at radius 3 is 2.36 bits per heavy atom. The fraction of sp³-hybridized carbons (Fsp3) is 0.611. The van der Waals surface area contributed by atoms with Crippen molar-refractivity contribution in [2.45, 2.75) is 30.6 Å². The lowest BCUT2D eigenvalue weighted by Gasteiger charge is -2.27. The largest absolute Gasteiger partial charge is 0.337 e. The van der Waals surface area contributed by atoms with Gasteiger partial charge in [-0.1, -0.05) is 18.6 Å². The van der Waals surface area contributed by atoms with Crippen LogP contribution in [0.4, 0.5) is 0 Å². The van der Waals surface area contributed by atoms with Crippen LogP contribution in [0, 0.1) is 0 Å². The van der Waals surface area contributed by atoms with E-state index in [9.17, 15) is 13.2 Å².